The molecule has 0 fully saturated rings. The van der Waals surface area contributed by atoms with Crippen molar-refractivity contribution in [3.63, 3.8) is 0 Å². The number of hydrazone groups is 1. The Morgan fingerprint density at radius 2 is 2.04 bits per heavy atom. The minimum atomic E-state index is -4.48. The number of thiazole rings is 1. The first-order chi connectivity index (χ1) is 10.8. The molecule has 0 atom stereocenters. The molecule has 1 amide bonds. The highest BCUT2D eigenvalue weighted by Crippen LogP contribution is 2.31. The summed E-state index contributed by atoms with van der Waals surface area (Å²) in [5.74, 6) is -0.526. The number of alkyl halides is 3. The van der Waals surface area contributed by atoms with E-state index in [0.29, 0.717) is 15.7 Å². The van der Waals surface area contributed by atoms with Crippen molar-refractivity contribution in [2.75, 3.05) is 12.4 Å². The third kappa shape index (κ3) is 4.07. The molecule has 1 aromatic heterocycles. The van der Waals surface area contributed by atoms with E-state index < -0.39 is 17.6 Å². The SMILES string of the molecule is CNc1nc(C)c(C(=O)N/N=C/c2ccccc2C(F)(F)F)s1. The number of aryl methyl sites for hydroxylation is 1. The highest BCUT2D eigenvalue weighted by molar-refractivity contribution is 7.17. The number of carbonyl (C=O) groups is 1. The molecule has 0 aliphatic rings. The smallest absolute Gasteiger partial charge is 0.365 e. The van der Waals surface area contributed by atoms with Crippen LogP contribution in [0.5, 0.6) is 0 Å². The van der Waals surface area contributed by atoms with Crippen molar-refractivity contribution in [2.24, 2.45) is 5.10 Å². The lowest BCUT2D eigenvalue weighted by molar-refractivity contribution is -0.137. The van der Waals surface area contributed by atoms with Gasteiger partial charge in [0.05, 0.1) is 17.5 Å². The highest BCUT2D eigenvalue weighted by Gasteiger charge is 2.32. The fourth-order valence-electron chi connectivity index (χ4n) is 1.79. The first-order valence-electron chi connectivity index (χ1n) is 6.47. The molecule has 9 heteroatoms. The molecule has 0 spiro atoms. The van der Waals surface area contributed by atoms with Crippen molar-refractivity contribution in [1.29, 1.82) is 0 Å². The second-order valence-corrected chi connectivity index (χ2v) is 5.47. The predicted molar refractivity (Wildman–Crippen MR) is 82.9 cm³/mol. The van der Waals surface area contributed by atoms with Gasteiger partial charge >= 0.3 is 6.18 Å². The maximum absolute atomic E-state index is 12.8. The van der Waals surface area contributed by atoms with Gasteiger partial charge in [0.25, 0.3) is 5.91 Å². The molecule has 0 saturated heterocycles. The lowest BCUT2D eigenvalue weighted by atomic mass is 10.1. The maximum atomic E-state index is 12.8. The van der Waals surface area contributed by atoms with Crippen molar-refractivity contribution < 1.29 is 18.0 Å². The van der Waals surface area contributed by atoms with E-state index in [1.807, 2.05) is 0 Å². The molecule has 0 aliphatic heterocycles. The van der Waals surface area contributed by atoms with Crippen molar-refractivity contribution in [3.05, 3.63) is 46.0 Å². The number of benzene rings is 1. The van der Waals surface area contributed by atoms with E-state index in [-0.39, 0.29) is 5.56 Å². The predicted octanol–water partition coefficient (Wildman–Crippen LogP) is 3.28. The summed E-state index contributed by atoms with van der Waals surface area (Å²) in [6.45, 7) is 1.66. The second kappa shape index (κ2) is 6.78. The number of nitrogens with zero attached hydrogens (tertiary/aromatic N) is 2. The highest BCUT2D eigenvalue weighted by atomic mass is 32.1. The molecule has 122 valence electrons. The zero-order valence-electron chi connectivity index (χ0n) is 12.2. The van der Waals surface area contributed by atoms with Gasteiger partial charge in [0.1, 0.15) is 4.88 Å². The Labute approximate surface area is 134 Å². The largest absolute Gasteiger partial charge is 0.417 e. The van der Waals surface area contributed by atoms with Crippen LogP contribution in [0, 0.1) is 6.92 Å². The van der Waals surface area contributed by atoms with E-state index in [2.05, 4.69) is 20.8 Å². The molecule has 5 nitrogen and oxygen atoms in total. The molecule has 0 bridgehead atoms. The third-order valence-electron chi connectivity index (χ3n) is 2.85. The summed E-state index contributed by atoms with van der Waals surface area (Å²) < 4.78 is 38.5. The van der Waals surface area contributed by atoms with Gasteiger partial charge in [0.2, 0.25) is 0 Å². The lowest BCUT2D eigenvalue weighted by Crippen LogP contribution is -2.18. The zero-order chi connectivity index (χ0) is 17.0. The topological polar surface area (TPSA) is 66.4 Å². The van der Waals surface area contributed by atoms with Gasteiger partial charge in [0.15, 0.2) is 5.13 Å². The molecule has 1 aromatic carbocycles. The van der Waals surface area contributed by atoms with Crippen molar-refractivity contribution in [2.45, 2.75) is 13.1 Å². The molecule has 0 radical (unpaired) electrons. The average molecular weight is 342 g/mol. The summed E-state index contributed by atoms with van der Waals surface area (Å²) in [4.78, 5) is 16.4. The van der Waals surface area contributed by atoms with Crippen LogP contribution in [0.15, 0.2) is 29.4 Å². The standard InChI is InChI=1S/C14H13F3N4OS/c1-8-11(23-13(18-2)20-8)12(22)21-19-7-9-5-3-4-6-10(9)14(15,16)17/h3-7H,1-2H3,(H,18,20)(H,21,22)/b19-7+. The number of hydrogen-bond donors (Lipinski definition) is 2. The van der Waals surface area contributed by atoms with Crippen molar-refractivity contribution >= 4 is 28.6 Å². The van der Waals surface area contributed by atoms with E-state index >= 15 is 0 Å². The number of nitrogens with one attached hydrogen (secondary N) is 2. The Hall–Kier alpha value is -2.42. The Balaban J connectivity index is 2.13. The van der Waals surface area contributed by atoms with Crippen LogP contribution in [-0.4, -0.2) is 24.2 Å². The van der Waals surface area contributed by atoms with Gasteiger partial charge in [-0.3, -0.25) is 4.79 Å². The first kappa shape index (κ1) is 16.9. The van der Waals surface area contributed by atoms with Gasteiger partial charge in [-0.2, -0.15) is 18.3 Å². The number of anilines is 1. The minimum Gasteiger partial charge on any atom is -0.365 e. The minimum absolute atomic E-state index is 0.128. The monoisotopic (exact) mass is 342 g/mol. The summed E-state index contributed by atoms with van der Waals surface area (Å²) >= 11 is 1.13. The van der Waals surface area contributed by atoms with Crippen LogP contribution >= 0.6 is 11.3 Å². The Kier molecular flexibility index (Phi) is 4.99. The molecular weight excluding hydrogens is 329 g/mol. The summed E-state index contributed by atoms with van der Waals surface area (Å²) in [6.07, 6.45) is -3.52. The fourth-order valence-corrected chi connectivity index (χ4v) is 2.60. The van der Waals surface area contributed by atoms with Crippen LogP contribution in [0.2, 0.25) is 0 Å². The van der Waals surface area contributed by atoms with E-state index in [1.165, 1.54) is 18.2 Å². The van der Waals surface area contributed by atoms with Gasteiger partial charge in [-0.05, 0) is 13.0 Å². The zero-order valence-corrected chi connectivity index (χ0v) is 13.0. The maximum Gasteiger partial charge on any atom is 0.417 e. The summed E-state index contributed by atoms with van der Waals surface area (Å²) in [5, 5.41) is 6.98. The normalized spacial score (nSPS) is 11.7. The Morgan fingerprint density at radius 3 is 2.65 bits per heavy atom. The van der Waals surface area contributed by atoms with Gasteiger partial charge in [-0.1, -0.05) is 29.5 Å². The van der Waals surface area contributed by atoms with E-state index in [9.17, 15) is 18.0 Å². The number of carbonyl (C=O) groups excluding carboxylic acids is 1. The van der Waals surface area contributed by atoms with E-state index in [1.54, 1.807) is 14.0 Å². The van der Waals surface area contributed by atoms with Gasteiger partial charge < -0.3 is 5.32 Å². The Bertz CT molecular complexity index is 740. The van der Waals surface area contributed by atoms with Crippen LogP contribution in [0.1, 0.15) is 26.5 Å². The van der Waals surface area contributed by atoms with Crippen LogP contribution in [-0.2, 0) is 6.18 Å². The molecule has 2 aromatic rings. The summed E-state index contributed by atoms with van der Waals surface area (Å²) in [6, 6.07) is 4.98. The molecular formula is C14H13F3N4OS. The van der Waals surface area contributed by atoms with Gasteiger partial charge in [-0.15, -0.1) is 0 Å². The van der Waals surface area contributed by atoms with Gasteiger partial charge in [0, 0.05) is 12.6 Å². The number of halogens is 3. The molecule has 2 N–H and O–H groups in total. The van der Waals surface area contributed by atoms with Crippen LogP contribution < -0.4 is 10.7 Å². The molecule has 0 saturated carbocycles. The lowest BCUT2D eigenvalue weighted by Gasteiger charge is -2.09. The number of rotatable bonds is 4. The van der Waals surface area contributed by atoms with Crippen LogP contribution in [0.25, 0.3) is 0 Å². The van der Waals surface area contributed by atoms with E-state index in [4.69, 9.17) is 0 Å². The molecule has 1 heterocycles. The third-order valence-corrected chi connectivity index (χ3v) is 4.03. The quantitative estimate of drug-likeness (QED) is 0.662. The molecule has 0 aliphatic carbocycles. The average Bonchev–Trinajstić information content (AvgIpc) is 2.88. The molecule has 0 unspecified atom stereocenters. The number of amides is 1. The number of aromatic nitrogens is 1. The summed E-state index contributed by atoms with van der Waals surface area (Å²) in [7, 11) is 1.67. The fraction of sp³-hybridized carbons (Fsp3) is 0.214. The number of hydrogen-bond acceptors (Lipinski definition) is 5. The van der Waals surface area contributed by atoms with Crippen molar-refractivity contribution in [1.82, 2.24) is 10.4 Å². The van der Waals surface area contributed by atoms with Gasteiger partial charge in [-0.25, -0.2) is 10.4 Å². The molecule has 23 heavy (non-hydrogen) atoms. The first-order valence-corrected chi connectivity index (χ1v) is 7.29. The second-order valence-electron chi connectivity index (χ2n) is 4.47. The van der Waals surface area contributed by atoms with Crippen LogP contribution in [0.4, 0.5) is 18.3 Å². The van der Waals surface area contributed by atoms with Crippen LogP contribution in [0.3, 0.4) is 0 Å². The van der Waals surface area contributed by atoms with Crippen molar-refractivity contribution in [3.8, 4) is 0 Å². The summed E-state index contributed by atoms with van der Waals surface area (Å²) in [5.41, 5.74) is 1.78. The molecule has 2 rings (SSSR count). The van der Waals surface area contributed by atoms with E-state index in [0.717, 1.165) is 23.6 Å². The Morgan fingerprint density at radius 1 is 1.35 bits per heavy atom.